The molecule has 0 aliphatic rings. The van der Waals surface area contributed by atoms with Crippen molar-refractivity contribution >= 4 is 40.1 Å². The minimum Gasteiger partial charge on any atom is -0.481 e. The number of halogens is 5. The van der Waals surface area contributed by atoms with E-state index >= 15 is 0 Å². The highest BCUT2D eigenvalue weighted by molar-refractivity contribution is 6.31. The smallest absolute Gasteiger partial charge is 0.417 e. The van der Waals surface area contributed by atoms with Gasteiger partial charge in [-0.05, 0) is 54.3 Å². The zero-order chi connectivity index (χ0) is 19.8. The van der Waals surface area contributed by atoms with Crippen LogP contribution < -0.4 is 0 Å². The summed E-state index contributed by atoms with van der Waals surface area (Å²) in [5, 5.41) is 9.74. The number of H-pyrrole nitrogens is 1. The largest absolute Gasteiger partial charge is 0.481 e. The number of carboxylic acid groups (broad SMARTS) is 1. The van der Waals surface area contributed by atoms with Gasteiger partial charge < -0.3 is 10.1 Å². The summed E-state index contributed by atoms with van der Waals surface area (Å²) < 4.78 is 39.6. The van der Waals surface area contributed by atoms with Crippen LogP contribution in [0, 0.1) is 0 Å². The van der Waals surface area contributed by atoms with Crippen LogP contribution in [-0.4, -0.2) is 16.1 Å². The molecule has 3 aromatic rings. The second kappa shape index (κ2) is 7.44. The van der Waals surface area contributed by atoms with Gasteiger partial charge in [-0.1, -0.05) is 29.3 Å². The molecular weight excluding hydrogens is 402 g/mol. The molecule has 2 N–H and O–H groups in total. The molecule has 0 saturated heterocycles. The molecule has 0 unspecified atom stereocenters. The number of aryl methyl sites for hydroxylation is 1. The molecule has 0 radical (unpaired) electrons. The van der Waals surface area contributed by atoms with E-state index in [9.17, 15) is 18.0 Å². The van der Waals surface area contributed by atoms with Crippen molar-refractivity contribution in [2.24, 2.45) is 0 Å². The lowest BCUT2D eigenvalue weighted by molar-refractivity contribution is -0.138. The molecule has 1 aromatic heterocycles. The van der Waals surface area contributed by atoms with Crippen molar-refractivity contribution in [2.45, 2.75) is 25.4 Å². The van der Waals surface area contributed by atoms with E-state index in [2.05, 4.69) is 4.98 Å². The zero-order valence-electron chi connectivity index (χ0n) is 13.8. The highest BCUT2D eigenvalue weighted by atomic mass is 35.5. The SMILES string of the molecule is O=C(O)CCCc1c(-c2ccc(Cl)c(C(F)(F)F)c2)[nH]c2ccc(Cl)cc12. The monoisotopic (exact) mass is 415 g/mol. The highest BCUT2D eigenvalue weighted by Gasteiger charge is 2.33. The molecule has 0 amide bonds. The Hall–Kier alpha value is -2.18. The molecule has 27 heavy (non-hydrogen) atoms. The minimum absolute atomic E-state index is 0.0406. The normalized spacial score (nSPS) is 11.9. The lowest BCUT2D eigenvalue weighted by atomic mass is 9.99. The van der Waals surface area contributed by atoms with E-state index < -0.39 is 17.7 Å². The zero-order valence-corrected chi connectivity index (χ0v) is 15.3. The fourth-order valence-electron chi connectivity index (χ4n) is 3.04. The third kappa shape index (κ3) is 4.22. The van der Waals surface area contributed by atoms with Crippen LogP contribution in [0.4, 0.5) is 13.2 Å². The van der Waals surface area contributed by atoms with Crippen LogP contribution in [-0.2, 0) is 17.4 Å². The maximum absolute atomic E-state index is 13.2. The van der Waals surface area contributed by atoms with Gasteiger partial charge in [0.05, 0.1) is 10.6 Å². The number of hydrogen-bond donors (Lipinski definition) is 2. The van der Waals surface area contributed by atoms with E-state index in [1.165, 1.54) is 12.1 Å². The van der Waals surface area contributed by atoms with Crippen LogP contribution in [0.5, 0.6) is 0 Å². The van der Waals surface area contributed by atoms with Gasteiger partial charge in [-0.3, -0.25) is 4.79 Å². The Bertz CT molecular complexity index is 1010. The maximum Gasteiger partial charge on any atom is 0.417 e. The summed E-state index contributed by atoms with van der Waals surface area (Å²) in [6.45, 7) is 0. The lowest BCUT2D eigenvalue weighted by Crippen LogP contribution is -2.06. The lowest BCUT2D eigenvalue weighted by Gasteiger charge is -2.11. The van der Waals surface area contributed by atoms with Crippen LogP contribution >= 0.6 is 23.2 Å². The number of carbonyl (C=O) groups is 1. The van der Waals surface area contributed by atoms with Crippen molar-refractivity contribution in [3.05, 3.63) is 57.6 Å². The number of benzene rings is 2. The number of carboxylic acids is 1. The number of aromatic nitrogens is 1. The van der Waals surface area contributed by atoms with Crippen molar-refractivity contribution < 1.29 is 23.1 Å². The topological polar surface area (TPSA) is 53.1 Å². The summed E-state index contributed by atoms with van der Waals surface area (Å²) in [5.41, 5.74) is 1.34. The summed E-state index contributed by atoms with van der Waals surface area (Å²) in [6, 6.07) is 8.84. The second-order valence-corrected chi connectivity index (χ2v) is 6.95. The standard InChI is InChI=1S/C19H14Cl2F3NO2/c20-11-5-7-16-13(9-11)12(2-1-3-17(26)27)18(25-16)10-4-6-15(21)14(8-10)19(22,23)24/h4-9,25H,1-3H2,(H,26,27). The number of fused-ring (bicyclic) bond motifs is 1. The van der Waals surface area contributed by atoms with Gasteiger partial charge in [-0.15, -0.1) is 0 Å². The molecule has 0 atom stereocenters. The molecule has 1 heterocycles. The number of alkyl halides is 3. The van der Waals surface area contributed by atoms with Crippen molar-refractivity contribution in [1.29, 1.82) is 0 Å². The Morgan fingerprint density at radius 3 is 2.52 bits per heavy atom. The predicted molar refractivity (Wildman–Crippen MR) is 99.3 cm³/mol. The van der Waals surface area contributed by atoms with Crippen LogP contribution in [0.3, 0.4) is 0 Å². The number of hydrogen-bond acceptors (Lipinski definition) is 1. The van der Waals surface area contributed by atoms with E-state index in [0.717, 1.165) is 17.0 Å². The van der Waals surface area contributed by atoms with Gasteiger partial charge in [0.25, 0.3) is 0 Å². The van der Waals surface area contributed by atoms with E-state index in [4.69, 9.17) is 28.3 Å². The van der Waals surface area contributed by atoms with E-state index in [0.29, 0.717) is 34.6 Å². The van der Waals surface area contributed by atoms with Crippen molar-refractivity contribution in [2.75, 3.05) is 0 Å². The Labute approximate surface area is 162 Å². The van der Waals surface area contributed by atoms with Crippen molar-refractivity contribution in [1.82, 2.24) is 4.98 Å². The minimum atomic E-state index is -4.58. The second-order valence-electron chi connectivity index (χ2n) is 6.11. The first kappa shape index (κ1) is 19.6. The number of aromatic amines is 1. The Kier molecular flexibility index (Phi) is 5.40. The predicted octanol–water partition coefficient (Wildman–Crippen LogP) is 6.57. The molecule has 0 aliphatic heterocycles. The van der Waals surface area contributed by atoms with Gasteiger partial charge in [0.2, 0.25) is 0 Å². The number of rotatable bonds is 5. The summed E-state index contributed by atoms with van der Waals surface area (Å²) >= 11 is 11.8. The molecule has 0 saturated carbocycles. The summed E-state index contributed by atoms with van der Waals surface area (Å²) in [7, 11) is 0. The highest BCUT2D eigenvalue weighted by Crippen LogP contribution is 2.39. The molecule has 3 nitrogen and oxygen atoms in total. The van der Waals surface area contributed by atoms with Crippen LogP contribution in [0.1, 0.15) is 24.0 Å². The molecule has 2 aromatic carbocycles. The molecule has 142 valence electrons. The van der Waals surface area contributed by atoms with Gasteiger partial charge in [0.15, 0.2) is 0 Å². The molecule has 0 fully saturated rings. The Morgan fingerprint density at radius 2 is 1.85 bits per heavy atom. The van der Waals surface area contributed by atoms with Crippen LogP contribution in [0.15, 0.2) is 36.4 Å². The molecule has 8 heteroatoms. The van der Waals surface area contributed by atoms with Gasteiger partial charge in [0.1, 0.15) is 0 Å². The number of aliphatic carboxylic acids is 1. The van der Waals surface area contributed by atoms with Gasteiger partial charge in [-0.25, -0.2) is 0 Å². The van der Waals surface area contributed by atoms with E-state index in [1.54, 1.807) is 18.2 Å². The van der Waals surface area contributed by atoms with Crippen molar-refractivity contribution in [3.8, 4) is 11.3 Å². The van der Waals surface area contributed by atoms with Gasteiger partial charge in [-0.2, -0.15) is 13.2 Å². The van der Waals surface area contributed by atoms with Crippen LogP contribution in [0.2, 0.25) is 10.0 Å². The summed E-state index contributed by atoms with van der Waals surface area (Å²) in [5.74, 6) is -0.930. The van der Waals surface area contributed by atoms with Crippen molar-refractivity contribution in [3.63, 3.8) is 0 Å². The summed E-state index contributed by atoms with van der Waals surface area (Å²) in [4.78, 5) is 14.0. The molecule has 0 aliphatic carbocycles. The fourth-order valence-corrected chi connectivity index (χ4v) is 3.44. The van der Waals surface area contributed by atoms with Crippen LogP contribution in [0.25, 0.3) is 22.2 Å². The van der Waals surface area contributed by atoms with E-state index in [-0.39, 0.29) is 11.4 Å². The average molecular weight is 416 g/mol. The number of nitrogens with one attached hydrogen (secondary N) is 1. The fraction of sp³-hybridized carbons (Fsp3) is 0.211. The Morgan fingerprint density at radius 1 is 1.11 bits per heavy atom. The maximum atomic E-state index is 13.2. The van der Waals surface area contributed by atoms with E-state index in [1.807, 2.05) is 0 Å². The molecular formula is C19H14Cl2F3NO2. The quantitative estimate of drug-likeness (QED) is 0.495. The first-order valence-corrected chi connectivity index (χ1v) is 8.81. The molecule has 0 bridgehead atoms. The molecule has 3 rings (SSSR count). The first-order chi connectivity index (χ1) is 12.7. The third-order valence-electron chi connectivity index (χ3n) is 4.25. The first-order valence-electron chi connectivity index (χ1n) is 8.06. The molecule has 0 spiro atoms. The van der Waals surface area contributed by atoms with Gasteiger partial charge in [0, 0.05) is 28.0 Å². The third-order valence-corrected chi connectivity index (χ3v) is 4.81. The Balaban J connectivity index is 2.14. The average Bonchev–Trinajstić information content (AvgIpc) is 2.92. The van der Waals surface area contributed by atoms with Gasteiger partial charge >= 0.3 is 12.1 Å². The summed E-state index contributed by atoms with van der Waals surface area (Å²) in [6.07, 6.45) is -3.89.